The first-order valence-electron chi connectivity index (χ1n) is 9.53. The first-order valence-corrected chi connectivity index (χ1v) is 10.7. The Hall–Kier alpha value is -2.31. The van der Waals surface area contributed by atoms with Crippen LogP contribution in [0.25, 0.3) is 5.00 Å². The van der Waals surface area contributed by atoms with Crippen molar-refractivity contribution in [2.24, 2.45) is 10.9 Å². The van der Waals surface area contributed by atoms with E-state index in [1.165, 1.54) is 16.0 Å². The van der Waals surface area contributed by atoms with Gasteiger partial charge in [0.15, 0.2) is 5.82 Å². The number of aromatic nitrogens is 3. The number of benzene rings is 1. The smallest absolute Gasteiger partial charge is 0.160 e. The molecule has 1 aliphatic heterocycles. The van der Waals surface area contributed by atoms with Crippen LogP contribution in [0.15, 0.2) is 29.3 Å². The number of halogens is 1. The van der Waals surface area contributed by atoms with E-state index in [1.54, 1.807) is 18.3 Å². The highest BCUT2D eigenvalue weighted by Crippen LogP contribution is 2.36. The summed E-state index contributed by atoms with van der Waals surface area (Å²) in [5.74, 6) is 2.25. The summed E-state index contributed by atoms with van der Waals surface area (Å²) >= 11 is 7.80. The summed E-state index contributed by atoms with van der Waals surface area (Å²) in [7, 11) is 0. The number of carbonyl (C=O) groups is 1. The molecule has 3 aromatic rings. The first-order chi connectivity index (χ1) is 13.7. The van der Waals surface area contributed by atoms with Crippen molar-refractivity contribution in [1.29, 1.82) is 0 Å². The third-order valence-corrected chi connectivity index (χ3v) is 6.45. The Morgan fingerprint density at radius 3 is 2.34 bits per heavy atom. The molecule has 0 N–H and O–H groups in total. The Bertz CT molecular complexity index is 1080. The van der Waals surface area contributed by atoms with Gasteiger partial charge in [0.25, 0.3) is 0 Å². The summed E-state index contributed by atoms with van der Waals surface area (Å²) in [6, 6.07) is 7.86. The Kier molecular flexibility index (Phi) is 6.34. The van der Waals surface area contributed by atoms with Crippen molar-refractivity contribution in [2.45, 2.75) is 48.1 Å². The summed E-state index contributed by atoms with van der Waals surface area (Å²) in [6.07, 6.45) is 0. The predicted molar refractivity (Wildman–Crippen MR) is 120 cm³/mol. The maximum absolute atomic E-state index is 10.1. The summed E-state index contributed by atoms with van der Waals surface area (Å²) in [4.78, 5) is 16.3. The van der Waals surface area contributed by atoms with E-state index in [9.17, 15) is 4.79 Å². The Balaban J connectivity index is 0.000000353. The van der Waals surface area contributed by atoms with E-state index in [2.05, 4.69) is 28.6 Å². The molecular formula is C22H25ClN4OS. The molecule has 0 saturated heterocycles. The molecule has 0 atom stereocenters. The van der Waals surface area contributed by atoms with Gasteiger partial charge in [0.05, 0.1) is 5.71 Å². The monoisotopic (exact) mass is 428 g/mol. The largest absolute Gasteiger partial charge is 0.300 e. The van der Waals surface area contributed by atoms with Crippen molar-refractivity contribution in [3.63, 3.8) is 0 Å². The second-order valence-corrected chi connectivity index (χ2v) is 9.04. The number of hydrogen-bond donors (Lipinski definition) is 0. The molecule has 0 amide bonds. The van der Waals surface area contributed by atoms with E-state index in [0.29, 0.717) is 6.54 Å². The number of hydrogen-bond acceptors (Lipinski definition) is 5. The maximum atomic E-state index is 10.1. The van der Waals surface area contributed by atoms with Gasteiger partial charge in [-0.1, -0.05) is 37.6 Å². The van der Waals surface area contributed by atoms with Gasteiger partial charge < -0.3 is 0 Å². The van der Waals surface area contributed by atoms with Crippen LogP contribution < -0.4 is 0 Å². The van der Waals surface area contributed by atoms with E-state index >= 15 is 0 Å². The second-order valence-electron chi connectivity index (χ2n) is 7.40. The molecule has 0 unspecified atom stereocenters. The first kappa shape index (κ1) is 21.4. The summed E-state index contributed by atoms with van der Waals surface area (Å²) in [6.45, 7) is 12.2. The number of carbonyl (C=O) groups excluding carboxylic acids is 1. The van der Waals surface area contributed by atoms with Gasteiger partial charge in [-0.15, -0.1) is 21.5 Å². The van der Waals surface area contributed by atoms with Gasteiger partial charge in [0.2, 0.25) is 0 Å². The van der Waals surface area contributed by atoms with Gasteiger partial charge in [-0.3, -0.25) is 14.4 Å². The highest BCUT2D eigenvalue weighted by molar-refractivity contribution is 7.15. The molecule has 0 radical (unpaired) electrons. The molecule has 0 fully saturated rings. The fourth-order valence-electron chi connectivity index (χ4n) is 2.89. The highest BCUT2D eigenvalue weighted by Gasteiger charge is 2.26. The zero-order valence-corrected chi connectivity index (χ0v) is 19.1. The van der Waals surface area contributed by atoms with Crippen LogP contribution in [0.5, 0.6) is 0 Å². The molecule has 0 saturated carbocycles. The Morgan fingerprint density at radius 2 is 1.76 bits per heavy atom. The van der Waals surface area contributed by atoms with Gasteiger partial charge in [-0.2, -0.15) is 0 Å². The van der Waals surface area contributed by atoms with Gasteiger partial charge in [0.1, 0.15) is 23.2 Å². The minimum Gasteiger partial charge on any atom is -0.300 e. The van der Waals surface area contributed by atoms with Gasteiger partial charge in [-0.25, -0.2) is 0 Å². The van der Waals surface area contributed by atoms with Crippen LogP contribution in [0.2, 0.25) is 5.02 Å². The topological polar surface area (TPSA) is 60.1 Å². The number of ketones is 1. The van der Waals surface area contributed by atoms with Crippen LogP contribution in [0.1, 0.15) is 54.0 Å². The van der Waals surface area contributed by atoms with Crippen LogP contribution >= 0.6 is 22.9 Å². The Morgan fingerprint density at radius 1 is 1.14 bits per heavy atom. The van der Waals surface area contributed by atoms with Crippen LogP contribution in [-0.4, -0.2) is 26.3 Å². The van der Waals surface area contributed by atoms with E-state index in [-0.39, 0.29) is 11.7 Å². The van der Waals surface area contributed by atoms with E-state index in [4.69, 9.17) is 16.6 Å². The number of nitrogens with zero attached hydrogens (tertiary/aromatic N) is 4. The molecule has 4 rings (SSSR count). The minimum atomic E-state index is 0.213. The molecule has 3 heterocycles. The Labute approximate surface area is 180 Å². The molecule has 0 spiro atoms. The SMILES string of the molecule is CC(=O)C(C)C.Cc1sc2c(c1C)C(c1ccc(Cl)cc1)=NCc1nnc(C)n1-2. The van der Waals surface area contributed by atoms with Crippen LogP contribution in [0.4, 0.5) is 0 Å². The van der Waals surface area contributed by atoms with Gasteiger partial charge in [0, 0.05) is 26.9 Å². The molecule has 0 aliphatic carbocycles. The normalized spacial score (nSPS) is 12.5. The van der Waals surface area contributed by atoms with Gasteiger partial charge in [-0.05, 0) is 45.4 Å². The third-order valence-electron chi connectivity index (χ3n) is 5.01. The second kappa shape index (κ2) is 8.59. The van der Waals surface area contributed by atoms with Gasteiger partial charge >= 0.3 is 0 Å². The zero-order valence-electron chi connectivity index (χ0n) is 17.6. The fraction of sp³-hybridized carbons (Fsp3) is 0.364. The average Bonchev–Trinajstić information content (AvgIpc) is 3.11. The van der Waals surface area contributed by atoms with E-state index < -0.39 is 0 Å². The average molecular weight is 429 g/mol. The van der Waals surface area contributed by atoms with Crippen molar-refractivity contribution in [3.8, 4) is 5.00 Å². The van der Waals surface area contributed by atoms with Crippen molar-refractivity contribution < 1.29 is 4.79 Å². The number of Topliss-reactive ketones (excluding diaryl/α,β-unsaturated/α-hetero) is 1. The third kappa shape index (κ3) is 4.33. The van der Waals surface area contributed by atoms with Crippen LogP contribution in [-0.2, 0) is 11.3 Å². The lowest BCUT2D eigenvalue weighted by molar-refractivity contribution is -0.119. The standard InChI is InChI=1S/C17H15ClN4S.C5H10O/c1-9-10(2)23-17-15(9)16(12-4-6-13(18)7-5-12)19-8-14-21-20-11(3)22(14)17;1-4(2)5(3)6/h4-7H,8H2,1-3H3;4H,1-3H3. The molecule has 152 valence electrons. The highest BCUT2D eigenvalue weighted by atomic mass is 35.5. The molecule has 1 aromatic carbocycles. The van der Waals surface area contributed by atoms with E-state index in [0.717, 1.165) is 32.9 Å². The van der Waals surface area contributed by atoms with Crippen molar-refractivity contribution >= 4 is 34.4 Å². The zero-order chi connectivity index (χ0) is 21.3. The number of thiophene rings is 1. The van der Waals surface area contributed by atoms with Crippen molar-refractivity contribution in [1.82, 2.24) is 14.8 Å². The minimum absolute atomic E-state index is 0.213. The fourth-order valence-corrected chi connectivity index (χ4v) is 4.24. The van der Waals surface area contributed by atoms with Crippen LogP contribution in [0.3, 0.4) is 0 Å². The molecule has 7 heteroatoms. The molecule has 2 aromatic heterocycles. The van der Waals surface area contributed by atoms with E-state index in [1.807, 2.05) is 45.0 Å². The molecular weight excluding hydrogens is 404 g/mol. The predicted octanol–water partition coefficient (Wildman–Crippen LogP) is 5.49. The molecule has 5 nitrogen and oxygen atoms in total. The van der Waals surface area contributed by atoms with Crippen molar-refractivity contribution in [3.05, 3.63) is 62.5 Å². The summed E-state index contributed by atoms with van der Waals surface area (Å²) < 4.78 is 2.13. The molecule has 0 bridgehead atoms. The lowest BCUT2D eigenvalue weighted by Gasteiger charge is -2.09. The van der Waals surface area contributed by atoms with Crippen LogP contribution in [0, 0.1) is 26.7 Å². The maximum Gasteiger partial charge on any atom is 0.160 e. The number of rotatable bonds is 2. The number of aliphatic imine (C=N–C) groups is 1. The summed E-state index contributed by atoms with van der Waals surface area (Å²) in [5.41, 5.74) is 4.52. The quantitative estimate of drug-likeness (QED) is 0.542. The number of aryl methyl sites for hydroxylation is 2. The van der Waals surface area contributed by atoms with Crippen molar-refractivity contribution in [2.75, 3.05) is 0 Å². The lowest BCUT2D eigenvalue weighted by atomic mass is 10.00. The lowest BCUT2D eigenvalue weighted by Crippen LogP contribution is -2.07. The number of fused-ring (bicyclic) bond motifs is 3. The summed E-state index contributed by atoms with van der Waals surface area (Å²) in [5, 5.41) is 10.4. The molecule has 1 aliphatic rings. The molecule has 29 heavy (non-hydrogen) atoms.